The third kappa shape index (κ3) is 2.52. The number of rotatable bonds is 1. The molecule has 0 unspecified atom stereocenters. The molecule has 3 heterocycles. The predicted octanol–water partition coefficient (Wildman–Crippen LogP) is 6.85. The van der Waals surface area contributed by atoms with E-state index in [1.807, 2.05) is 6.07 Å². The van der Waals surface area contributed by atoms with Gasteiger partial charge in [-0.3, -0.25) is 0 Å². The van der Waals surface area contributed by atoms with Gasteiger partial charge < -0.3 is 4.40 Å². The zero-order valence-electron chi connectivity index (χ0n) is 18.7. The standard InChI is InChI=1S/C28H26FN2/c1-16-6-8-20-21-14-19(29)7-9-22(21)31-23-13-17(15-28(2,3)4)12-18-10-11-30(5)27(25(18)23)24(16)26(20)31/h6-14H,15H2,1-5H3/q+1. The van der Waals surface area contributed by atoms with E-state index in [2.05, 4.69) is 80.2 Å². The number of aryl methyl sites for hydroxylation is 2. The second-order valence-electron chi connectivity index (χ2n) is 10.2. The van der Waals surface area contributed by atoms with Gasteiger partial charge in [-0.05, 0) is 59.5 Å². The normalized spacial score (nSPS) is 13.0. The fourth-order valence-corrected chi connectivity index (χ4v) is 5.46. The van der Waals surface area contributed by atoms with Crippen molar-refractivity contribution in [3.05, 3.63) is 71.7 Å². The molecule has 6 aromatic rings. The van der Waals surface area contributed by atoms with E-state index in [1.165, 1.54) is 43.8 Å². The highest BCUT2D eigenvalue weighted by atomic mass is 19.1. The summed E-state index contributed by atoms with van der Waals surface area (Å²) in [5, 5.41) is 5.86. The summed E-state index contributed by atoms with van der Waals surface area (Å²) in [6, 6.07) is 16.4. The van der Waals surface area contributed by atoms with E-state index in [-0.39, 0.29) is 11.2 Å². The molecule has 0 saturated heterocycles. The Balaban J connectivity index is 1.97. The number of fused-ring (bicyclic) bond motifs is 5. The Hall–Kier alpha value is -3.20. The van der Waals surface area contributed by atoms with Crippen LogP contribution in [0.1, 0.15) is 31.9 Å². The summed E-state index contributed by atoms with van der Waals surface area (Å²) < 4.78 is 18.9. The van der Waals surface area contributed by atoms with Crippen molar-refractivity contribution in [2.24, 2.45) is 12.5 Å². The molecule has 0 bridgehead atoms. The van der Waals surface area contributed by atoms with Crippen molar-refractivity contribution < 1.29 is 8.96 Å². The molecule has 3 heteroatoms. The van der Waals surface area contributed by atoms with Gasteiger partial charge in [0, 0.05) is 16.8 Å². The van der Waals surface area contributed by atoms with Crippen molar-refractivity contribution in [3.63, 3.8) is 0 Å². The van der Waals surface area contributed by atoms with Crippen LogP contribution in [0.25, 0.3) is 49.0 Å². The van der Waals surface area contributed by atoms with Crippen molar-refractivity contribution in [3.8, 4) is 0 Å². The van der Waals surface area contributed by atoms with Gasteiger partial charge in [-0.15, -0.1) is 0 Å². The number of pyridine rings is 2. The molecule has 0 aliphatic rings. The summed E-state index contributed by atoms with van der Waals surface area (Å²) >= 11 is 0. The molecule has 154 valence electrons. The smallest absolute Gasteiger partial charge is 0.224 e. The topological polar surface area (TPSA) is 8.29 Å². The van der Waals surface area contributed by atoms with E-state index in [0.717, 1.165) is 22.7 Å². The van der Waals surface area contributed by atoms with Crippen LogP contribution in [0.5, 0.6) is 0 Å². The molecular weight excluding hydrogens is 383 g/mol. The Bertz CT molecular complexity index is 1660. The largest absolute Gasteiger partial charge is 0.307 e. The van der Waals surface area contributed by atoms with Crippen LogP contribution in [-0.4, -0.2) is 4.40 Å². The predicted molar refractivity (Wildman–Crippen MR) is 128 cm³/mol. The lowest BCUT2D eigenvalue weighted by Gasteiger charge is -2.20. The van der Waals surface area contributed by atoms with E-state index in [1.54, 1.807) is 12.1 Å². The van der Waals surface area contributed by atoms with E-state index in [4.69, 9.17) is 0 Å². The second kappa shape index (κ2) is 5.94. The van der Waals surface area contributed by atoms with Crippen LogP contribution in [-0.2, 0) is 13.5 Å². The Labute approximate surface area is 180 Å². The Morgan fingerprint density at radius 1 is 0.903 bits per heavy atom. The van der Waals surface area contributed by atoms with E-state index >= 15 is 0 Å². The summed E-state index contributed by atoms with van der Waals surface area (Å²) in [5.74, 6) is -0.192. The maximum atomic E-state index is 14.3. The highest BCUT2D eigenvalue weighted by Crippen LogP contribution is 2.41. The molecule has 31 heavy (non-hydrogen) atoms. The summed E-state index contributed by atoms with van der Waals surface area (Å²) in [5.41, 5.74) is 7.47. The quantitative estimate of drug-likeness (QED) is 0.159. The van der Waals surface area contributed by atoms with Gasteiger partial charge in [0.2, 0.25) is 5.52 Å². The van der Waals surface area contributed by atoms with Crippen molar-refractivity contribution in [1.82, 2.24) is 4.40 Å². The Kier molecular flexibility index (Phi) is 3.56. The monoisotopic (exact) mass is 409 g/mol. The van der Waals surface area contributed by atoms with Gasteiger partial charge in [-0.1, -0.05) is 39.0 Å². The molecule has 0 amide bonds. The van der Waals surface area contributed by atoms with Crippen LogP contribution < -0.4 is 4.57 Å². The lowest BCUT2D eigenvalue weighted by molar-refractivity contribution is -0.643. The maximum absolute atomic E-state index is 14.3. The van der Waals surface area contributed by atoms with Crippen molar-refractivity contribution in [2.75, 3.05) is 0 Å². The number of nitrogens with zero attached hydrogens (tertiary/aromatic N) is 2. The molecule has 0 atom stereocenters. The molecular formula is C28H26FN2+. The highest BCUT2D eigenvalue weighted by Gasteiger charge is 2.24. The molecule has 0 saturated carbocycles. The van der Waals surface area contributed by atoms with Crippen molar-refractivity contribution in [2.45, 2.75) is 34.1 Å². The van der Waals surface area contributed by atoms with Gasteiger partial charge >= 0.3 is 0 Å². The third-order valence-electron chi connectivity index (χ3n) is 6.59. The first-order valence-electron chi connectivity index (χ1n) is 10.9. The average molecular weight is 410 g/mol. The summed E-state index contributed by atoms with van der Waals surface area (Å²) in [6.45, 7) is 9.02. The van der Waals surface area contributed by atoms with Crippen LogP contribution in [0.3, 0.4) is 0 Å². The average Bonchev–Trinajstić information content (AvgIpc) is 3.01. The van der Waals surface area contributed by atoms with Gasteiger partial charge in [-0.2, -0.15) is 0 Å². The van der Waals surface area contributed by atoms with Gasteiger partial charge in [0.15, 0.2) is 6.20 Å². The molecule has 0 N–H and O–H groups in total. The van der Waals surface area contributed by atoms with Crippen LogP contribution in [0.15, 0.2) is 54.7 Å². The third-order valence-corrected chi connectivity index (χ3v) is 6.59. The van der Waals surface area contributed by atoms with Crippen LogP contribution in [0.4, 0.5) is 4.39 Å². The minimum absolute atomic E-state index is 0.192. The molecule has 0 aliphatic carbocycles. The molecule has 3 aromatic heterocycles. The molecule has 0 spiro atoms. The number of benzene rings is 3. The minimum atomic E-state index is -0.192. The molecule has 6 rings (SSSR count). The van der Waals surface area contributed by atoms with Crippen molar-refractivity contribution in [1.29, 1.82) is 0 Å². The van der Waals surface area contributed by atoms with Gasteiger partial charge in [-0.25, -0.2) is 8.96 Å². The molecule has 3 aromatic carbocycles. The van der Waals surface area contributed by atoms with Crippen molar-refractivity contribution >= 4 is 49.0 Å². The number of hydrogen-bond acceptors (Lipinski definition) is 0. The lowest BCUT2D eigenvalue weighted by Crippen LogP contribution is -2.29. The number of aromatic nitrogens is 2. The van der Waals surface area contributed by atoms with E-state index in [0.29, 0.717) is 0 Å². The Morgan fingerprint density at radius 3 is 2.48 bits per heavy atom. The van der Waals surface area contributed by atoms with Crippen LogP contribution in [0.2, 0.25) is 0 Å². The van der Waals surface area contributed by atoms with Gasteiger partial charge in [0.05, 0.1) is 27.3 Å². The molecule has 0 radical (unpaired) electrons. The second-order valence-corrected chi connectivity index (χ2v) is 10.2. The molecule has 2 nitrogen and oxygen atoms in total. The SMILES string of the molecule is Cc1ccc2c3cc(F)ccc3n3c4cc(CC(C)(C)C)cc5cc[n+](C)c(c1c23)c54. The first kappa shape index (κ1) is 18.6. The van der Waals surface area contributed by atoms with Gasteiger partial charge in [0.1, 0.15) is 12.9 Å². The van der Waals surface area contributed by atoms with Crippen LogP contribution >= 0.6 is 0 Å². The first-order chi connectivity index (χ1) is 14.7. The first-order valence-corrected chi connectivity index (χ1v) is 10.9. The van der Waals surface area contributed by atoms with E-state index in [9.17, 15) is 4.39 Å². The fourth-order valence-electron chi connectivity index (χ4n) is 5.46. The van der Waals surface area contributed by atoms with E-state index < -0.39 is 0 Å². The number of halogens is 1. The Morgan fingerprint density at radius 2 is 1.71 bits per heavy atom. The summed E-state index contributed by atoms with van der Waals surface area (Å²) in [4.78, 5) is 0. The highest BCUT2D eigenvalue weighted by molar-refractivity contribution is 6.25. The lowest BCUT2D eigenvalue weighted by atomic mass is 9.87. The summed E-state index contributed by atoms with van der Waals surface area (Å²) in [6.07, 6.45) is 3.17. The minimum Gasteiger partial charge on any atom is -0.307 e. The molecule has 0 aliphatic heterocycles. The fraction of sp³-hybridized carbons (Fsp3) is 0.250. The zero-order valence-corrected chi connectivity index (χ0v) is 18.7. The van der Waals surface area contributed by atoms with Crippen LogP contribution in [0, 0.1) is 18.2 Å². The molecule has 0 fully saturated rings. The van der Waals surface area contributed by atoms with Gasteiger partial charge in [0.25, 0.3) is 0 Å². The zero-order chi connectivity index (χ0) is 21.7. The number of hydrogen-bond donors (Lipinski definition) is 0. The maximum Gasteiger partial charge on any atom is 0.224 e. The summed E-state index contributed by atoms with van der Waals surface area (Å²) in [7, 11) is 2.12.